The zero-order chi connectivity index (χ0) is 14.5. The van der Waals surface area contributed by atoms with E-state index in [2.05, 4.69) is 11.5 Å². The monoisotopic (exact) mass is 293 g/mol. The van der Waals surface area contributed by atoms with Crippen LogP contribution in [0.5, 0.6) is 5.75 Å². The molecular formula is C14H16ClN3O2. The molecule has 2 rings (SSSR count). The Kier molecular flexibility index (Phi) is 4.70. The molecule has 106 valence electrons. The molecule has 1 atom stereocenters. The molecule has 1 N–H and O–H groups in total. The first kappa shape index (κ1) is 14.5. The molecule has 5 nitrogen and oxygen atoms in total. The van der Waals surface area contributed by atoms with Gasteiger partial charge in [-0.15, -0.1) is 0 Å². The lowest BCUT2D eigenvalue weighted by molar-refractivity contribution is -0.124. The second-order valence-electron chi connectivity index (χ2n) is 4.64. The number of likely N-dealkylation sites (tertiary alicyclic amines) is 1. The maximum absolute atomic E-state index is 12.0. The van der Waals surface area contributed by atoms with E-state index in [-0.39, 0.29) is 11.9 Å². The van der Waals surface area contributed by atoms with Gasteiger partial charge in [-0.1, -0.05) is 17.7 Å². The van der Waals surface area contributed by atoms with Gasteiger partial charge >= 0.3 is 0 Å². The number of halogens is 1. The molecule has 1 fully saturated rings. The Morgan fingerprint density at radius 3 is 3.15 bits per heavy atom. The van der Waals surface area contributed by atoms with Crippen molar-refractivity contribution in [1.82, 2.24) is 10.2 Å². The van der Waals surface area contributed by atoms with Crippen molar-refractivity contribution in [2.45, 2.75) is 25.4 Å². The maximum atomic E-state index is 12.0. The molecule has 0 aliphatic carbocycles. The largest absolute Gasteiger partial charge is 0.495 e. The van der Waals surface area contributed by atoms with E-state index in [9.17, 15) is 4.79 Å². The Hall–Kier alpha value is -1.93. The minimum Gasteiger partial charge on any atom is -0.495 e. The van der Waals surface area contributed by atoms with Crippen LogP contribution in [-0.4, -0.2) is 30.5 Å². The molecule has 1 amide bonds. The first-order chi connectivity index (χ1) is 9.65. The van der Waals surface area contributed by atoms with Gasteiger partial charge in [0.1, 0.15) is 11.8 Å². The predicted molar refractivity (Wildman–Crippen MR) is 75.2 cm³/mol. The standard InChI is InChI=1S/C14H16ClN3O2/c1-20-13-7-10(4-5-11(13)15)8-17-14(19)12-3-2-6-18(12)9-16/h4-5,7,12H,2-3,6,8H2,1H3,(H,17,19). The first-order valence-electron chi connectivity index (χ1n) is 6.42. The topological polar surface area (TPSA) is 65.4 Å². The highest BCUT2D eigenvalue weighted by Gasteiger charge is 2.29. The molecule has 0 bridgehead atoms. The van der Waals surface area contributed by atoms with Crippen molar-refractivity contribution < 1.29 is 9.53 Å². The molecule has 1 aliphatic heterocycles. The van der Waals surface area contributed by atoms with Crippen LogP contribution in [0.3, 0.4) is 0 Å². The highest BCUT2D eigenvalue weighted by atomic mass is 35.5. The van der Waals surface area contributed by atoms with E-state index in [1.54, 1.807) is 19.2 Å². The summed E-state index contributed by atoms with van der Waals surface area (Å²) in [4.78, 5) is 13.6. The molecule has 1 aliphatic rings. The number of nitriles is 1. The normalized spacial score (nSPS) is 17.6. The highest BCUT2D eigenvalue weighted by molar-refractivity contribution is 6.32. The zero-order valence-electron chi connectivity index (χ0n) is 11.2. The second kappa shape index (κ2) is 6.49. The van der Waals surface area contributed by atoms with E-state index in [4.69, 9.17) is 21.6 Å². The van der Waals surface area contributed by atoms with Crippen LogP contribution in [0.1, 0.15) is 18.4 Å². The molecule has 1 unspecified atom stereocenters. The molecule has 6 heteroatoms. The van der Waals surface area contributed by atoms with Gasteiger partial charge in [0.05, 0.1) is 12.1 Å². The van der Waals surface area contributed by atoms with Gasteiger partial charge in [0, 0.05) is 13.1 Å². The summed E-state index contributed by atoms with van der Waals surface area (Å²) >= 11 is 5.95. The Balaban J connectivity index is 1.95. The smallest absolute Gasteiger partial charge is 0.243 e. The van der Waals surface area contributed by atoms with Crippen LogP contribution in [0.2, 0.25) is 5.02 Å². The SMILES string of the molecule is COc1cc(CNC(=O)C2CCCN2C#N)ccc1Cl. The molecule has 1 aromatic rings. The number of methoxy groups -OCH3 is 1. The van der Waals surface area contributed by atoms with E-state index in [1.165, 1.54) is 4.90 Å². The van der Waals surface area contributed by atoms with Crippen LogP contribution in [-0.2, 0) is 11.3 Å². The third-order valence-corrected chi connectivity index (χ3v) is 3.68. The Morgan fingerprint density at radius 1 is 1.65 bits per heavy atom. The van der Waals surface area contributed by atoms with E-state index in [0.29, 0.717) is 23.9 Å². The van der Waals surface area contributed by atoms with Crippen LogP contribution < -0.4 is 10.1 Å². The summed E-state index contributed by atoms with van der Waals surface area (Å²) in [6, 6.07) is 5.02. The van der Waals surface area contributed by atoms with Crippen molar-refractivity contribution in [3.8, 4) is 11.9 Å². The van der Waals surface area contributed by atoms with Gasteiger partial charge in [0.2, 0.25) is 5.91 Å². The fourth-order valence-electron chi connectivity index (χ4n) is 2.28. The molecule has 0 saturated carbocycles. The lowest BCUT2D eigenvalue weighted by Crippen LogP contribution is -2.40. The number of amides is 1. The quantitative estimate of drug-likeness (QED) is 0.861. The summed E-state index contributed by atoms with van der Waals surface area (Å²) in [5, 5.41) is 12.3. The fraction of sp³-hybridized carbons (Fsp3) is 0.429. The highest BCUT2D eigenvalue weighted by Crippen LogP contribution is 2.25. The Bertz CT molecular complexity index is 542. The van der Waals surface area contributed by atoms with Crippen LogP contribution in [0.15, 0.2) is 18.2 Å². The number of benzene rings is 1. The summed E-state index contributed by atoms with van der Waals surface area (Å²) in [6.07, 6.45) is 3.65. The Morgan fingerprint density at radius 2 is 2.45 bits per heavy atom. The summed E-state index contributed by atoms with van der Waals surface area (Å²) in [5.74, 6) is 0.468. The summed E-state index contributed by atoms with van der Waals surface area (Å²) < 4.78 is 5.13. The van der Waals surface area contributed by atoms with Crippen molar-refractivity contribution in [2.24, 2.45) is 0 Å². The van der Waals surface area contributed by atoms with E-state index < -0.39 is 0 Å². The van der Waals surface area contributed by atoms with Gasteiger partial charge in [0.25, 0.3) is 0 Å². The van der Waals surface area contributed by atoms with Gasteiger partial charge in [-0.3, -0.25) is 9.69 Å². The summed E-state index contributed by atoms with van der Waals surface area (Å²) in [7, 11) is 1.55. The minimum absolute atomic E-state index is 0.113. The number of nitrogens with one attached hydrogen (secondary N) is 1. The minimum atomic E-state index is -0.339. The molecule has 20 heavy (non-hydrogen) atoms. The lowest BCUT2D eigenvalue weighted by Gasteiger charge is -2.17. The van der Waals surface area contributed by atoms with Crippen LogP contribution >= 0.6 is 11.6 Å². The lowest BCUT2D eigenvalue weighted by atomic mass is 10.2. The van der Waals surface area contributed by atoms with Gasteiger partial charge < -0.3 is 10.1 Å². The number of hydrogen-bond acceptors (Lipinski definition) is 4. The van der Waals surface area contributed by atoms with Gasteiger partial charge in [-0.05, 0) is 30.5 Å². The molecule has 0 aromatic heterocycles. The zero-order valence-corrected chi connectivity index (χ0v) is 12.0. The van der Waals surface area contributed by atoms with E-state index in [1.807, 2.05) is 6.07 Å². The van der Waals surface area contributed by atoms with E-state index in [0.717, 1.165) is 18.4 Å². The van der Waals surface area contributed by atoms with Gasteiger partial charge in [-0.25, -0.2) is 0 Å². The maximum Gasteiger partial charge on any atom is 0.243 e. The van der Waals surface area contributed by atoms with Gasteiger partial charge in [0.15, 0.2) is 6.19 Å². The van der Waals surface area contributed by atoms with Crippen molar-refractivity contribution in [1.29, 1.82) is 5.26 Å². The average Bonchev–Trinajstić information content (AvgIpc) is 2.94. The van der Waals surface area contributed by atoms with Crippen molar-refractivity contribution >= 4 is 17.5 Å². The summed E-state index contributed by atoms with van der Waals surface area (Å²) in [6.45, 7) is 1.05. The molecule has 1 heterocycles. The number of ether oxygens (including phenoxy) is 1. The molecular weight excluding hydrogens is 278 g/mol. The number of carbonyl (C=O) groups excluding carboxylic acids is 1. The third-order valence-electron chi connectivity index (χ3n) is 3.37. The first-order valence-corrected chi connectivity index (χ1v) is 6.80. The third kappa shape index (κ3) is 3.14. The number of carbonyl (C=O) groups is 1. The van der Waals surface area contributed by atoms with E-state index >= 15 is 0 Å². The van der Waals surface area contributed by atoms with Crippen molar-refractivity contribution in [2.75, 3.05) is 13.7 Å². The molecule has 0 spiro atoms. The average molecular weight is 294 g/mol. The number of rotatable bonds is 4. The molecule has 1 saturated heterocycles. The predicted octanol–water partition coefficient (Wildman–Crippen LogP) is 1.91. The van der Waals surface area contributed by atoms with Crippen molar-refractivity contribution in [3.63, 3.8) is 0 Å². The summed E-state index contributed by atoms with van der Waals surface area (Å²) in [5.41, 5.74) is 0.904. The van der Waals surface area contributed by atoms with Crippen LogP contribution in [0.25, 0.3) is 0 Å². The Labute approximate surface area is 123 Å². The fourth-order valence-corrected chi connectivity index (χ4v) is 2.47. The number of hydrogen-bond donors (Lipinski definition) is 1. The number of nitrogens with zero attached hydrogens (tertiary/aromatic N) is 2. The van der Waals surface area contributed by atoms with Crippen molar-refractivity contribution in [3.05, 3.63) is 28.8 Å². The van der Waals surface area contributed by atoms with Gasteiger partial charge in [-0.2, -0.15) is 5.26 Å². The molecule has 1 aromatic carbocycles. The second-order valence-corrected chi connectivity index (χ2v) is 5.05. The van der Waals surface area contributed by atoms with Crippen LogP contribution in [0, 0.1) is 11.5 Å². The molecule has 0 radical (unpaired) electrons. The van der Waals surface area contributed by atoms with Crippen LogP contribution in [0.4, 0.5) is 0 Å².